The zero-order valence-corrected chi connectivity index (χ0v) is 27.0. The summed E-state index contributed by atoms with van der Waals surface area (Å²) in [6.07, 6.45) is 6.90. The third-order valence-corrected chi connectivity index (χ3v) is 9.55. The molecule has 0 amide bonds. The topological polar surface area (TPSA) is 89.5 Å². The van der Waals surface area contributed by atoms with Crippen LogP contribution in [0.5, 0.6) is 34.5 Å². The Hall–Kier alpha value is -4.89. The van der Waals surface area contributed by atoms with Crippen LogP contribution < -0.4 is 28.4 Å². The van der Waals surface area contributed by atoms with Gasteiger partial charge in [-0.25, -0.2) is 8.42 Å². The highest BCUT2D eigenvalue weighted by Crippen LogP contribution is 2.39. The van der Waals surface area contributed by atoms with Crippen LogP contribution in [0.15, 0.2) is 97.1 Å². The quantitative estimate of drug-likeness (QED) is 0.143. The Morgan fingerprint density at radius 1 is 0.444 bits per heavy atom. The summed E-state index contributed by atoms with van der Waals surface area (Å²) in [4.78, 5) is 0. The SMILES string of the molecule is COc1ccc(C(/C=C/c2cc(OC)cc(OC)c2)S(=O)(=O)C(/C=C/c2cc(OC)cc(OC)c2)c2ccc(OC)cc2)cc1. The predicted octanol–water partition coefficient (Wildman–Crippen LogP) is 7.36. The van der Waals surface area contributed by atoms with E-state index in [1.807, 2.05) is 24.3 Å². The summed E-state index contributed by atoms with van der Waals surface area (Å²) in [6, 6.07) is 24.8. The highest BCUT2D eigenvalue weighted by atomic mass is 32.2. The van der Waals surface area contributed by atoms with Crippen LogP contribution in [-0.4, -0.2) is 51.1 Å². The Labute approximate surface area is 265 Å². The maximum atomic E-state index is 14.8. The van der Waals surface area contributed by atoms with E-state index < -0.39 is 20.3 Å². The van der Waals surface area contributed by atoms with Crippen molar-refractivity contribution in [3.05, 3.63) is 119 Å². The fraction of sp³-hybridized carbons (Fsp3) is 0.222. The van der Waals surface area contributed by atoms with Crippen LogP contribution in [0.25, 0.3) is 12.2 Å². The Balaban J connectivity index is 1.87. The van der Waals surface area contributed by atoms with Crippen LogP contribution in [0.1, 0.15) is 32.8 Å². The first-order chi connectivity index (χ1) is 21.7. The molecule has 9 heteroatoms. The van der Waals surface area contributed by atoms with E-state index in [9.17, 15) is 8.42 Å². The second-order valence-corrected chi connectivity index (χ2v) is 12.2. The highest BCUT2D eigenvalue weighted by molar-refractivity contribution is 7.92. The van der Waals surface area contributed by atoms with Gasteiger partial charge in [-0.1, -0.05) is 48.6 Å². The second-order valence-electron chi connectivity index (χ2n) is 9.99. The minimum absolute atomic E-state index is 0.580. The summed E-state index contributed by atoms with van der Waals surface area (Å²) in [5, 5.41) is -2.06. The van der Waals surface area contributed by atoms with Gasteiger partial charge < -0.3 is 28.4 Å². The van der Waals surface area contributed by atoms with Crippen LogP contribution in [-0.2, 0) is 9.84 Å². The summed E-state index contributed by atoms with van der Waals surface area (Å²) in [5.41, 5.74) is 2.61. The van der Waals surface area contributed by atoms with Crippen LogP contribution in [0, 0.1) is 0 Å². The average Bonchev–Trinajstić information content (AvgIpc) is 3.08. The summed E-state index contributed by atoms with van der Waals surface area (Å²) >= 11 is 0. The molecule has 4 aromatic carbocycles. The van der Waals surface area contributed by atoms with E-state index >= 15 is 0 Å². The van der Waals surface area contributed by atoms with Gasteiger partial charge in [0.15, 0.2) is 9.84 Å². The molecule has 0 saturated heterocycles. The number of ether oxygens (including phenoxy) is 6. The number of benzene rings is 4. The molecular formula is C36H38O8S. The summed E-state index contributed by atoms with van der Waals surface area (Å²) in [5.74, 6) is 3.59. The van der Waals surface area contributed by atoms with E-state index in [2.05, 4.69) is 0 Å². The van der Waals surface area contributed by atoms with Gasteiger partial charge in [0.05, 0.1) is 42.7 Å². The zero-order chi connectivity index (χ0) is 32.4. The molecule has 0 aliphatic carbocycles. The number of hydrogen-bond acceptors (Lipinski definition) is 8. The maximum Gasteiger partial charge on any atom is 0.171 e. The van der Waals surface area contributed by atoms with Gasteiger partial charge in [-0.15, -0.1) is 0 Å². The van der Waals surface area contributed by atoms with Crippen molar-refractivity contribution in [1.29, 1.82) is 0 Å². The molecule has 0 saturated carbocycles. The largest absolute Gasteiger partial charge is 0.497 e. The molecule has 45 heavy (non-hydrogen) atoms. The molecule has 0 spiro atoms. The normalized spacial score (nSPS) is 12.9. The first-order valence-corrected chi connectivity index (χ1v) is 15.7. The Morgan fingerprint density at radius 2 is 0.733 bits per heavy atom. The van der Waals surface area contributed by atoms with Crippen molar-refractivity contribution in [3.63, 3.8) is 0 Å². The molecule has 4 aromatic rings. The van der Waals surface area contributed by atoms with E-state index in [0.717, 1.165) is 11.1 Å². The van der Waals surface area contributed by atoms with Crippen molar-refractivity contribution in [1.82, 2.24) is 0 Å². The van der Waals surface area contributed by atoms with E-state index in [-0.39, 0.29) is 0 Å². The molecule has 0 aromatic heterocycles. The summed E-state index contributed by atoms with van der Waals surface area (Å²) < 4.78 is 62.0. The van der Waals surface area contributed by atoms with Gasteiger partial charge in [-0.3, -0.25) is 0 Å². The summed E-state index contributed by atoms with van der Waals surface area (Å²) in [6.45, 7) is 0. The van der Waals surface area contributed by atoms with Gasteiger partial charge >= 0.3 is 0 Å². The number of sulfone groups is 1. The van der Waals surface area contributed by atoms with E-state index in [4.69, 9.17) is 28.4 Å². The van der Waals surface area contributed by atoms with Crippen molar-refractivity contribution in [2.45, 2.75) is 10.5 Å². The van der Waals surface area contributed by atoms with Gasteiger partial charge in [-0.2, -0.15) is 0 Å². The van der Waals surface area contributed by atoms with Gasteiger partial charge in [-0.05, 0) is 70.8 Å². The lowest BCUT2D eigenvalue weighted by Crippen LogP contribution is -2.19. The second kappa shape index (κ2) is 15.2. The fourth-order valence-corrected chi connectivity index (χ4v) is 6.80. The van der Waals surface area contributed by atoms with Crippen LogP contribution in [0.2, 0.25) is 0 Å². The smallest absolute Gasteiger partial charge is 0.171 e. The Bertz CT molecular complexity index is 1560. The van der Waals surface area contributed by atoms with E-state index in [1.54, 1.807) is 128 Å². The third kappa shape index (κ3) is 8.19. The van der Waals surface area contributed by atoms with Crippen molar-refractivity contribution < 1.29 is 36.8 Å². The first-order valence-electron chi connectivity index (χ1n) is 14.1. The molecule has 0 N–H and O–H groups in total. The average molecular weight is 631 g/mol. The molecule has 0 bridgehead atoms. The van der Waals surface area contributed by atoms with Crippen molar-refractivity contribution in [2.24, 2.45) is 0 Å². The molecule has 0 heterocycles. The van der Waals surface area contributed by atoms with Crippen molar-refractivity contribution >= 4 is 22.0 Å². The van der Waals surface area contributed by atoms with Crippen molar-refractivity contribution in [2.75, 3.05) is 42.7 Å². The van der Waals surface area contributed by atoms with Gasteiger partial charge in [0, 0.05) is 12.1 Å². The Kier molecular flexibility index (Phi) is 11.2. The standard InChI is InChI=1S/C36H38O8S/c1-39-29-13-9-27(10-14-29)35(17-7-25-19-31(41-3)23-32(20-25)42-4)45(37,38)36(28-11-15-30(40-2)16-12-28)18-8-26-21-33(43-5)24-34(22-26)44-6/h7-24,35-36H,1-6H3/b17-7+,18-8+. The van der Waals surface area contributed by atoms with E-state index in [1.165, 1.54) is 0 Å². The lowest BCUT2D eigenvalue weighted by Gasteiger charge is -2.22. The molecular weight excluding hydrogens is 592 g/mol. The minimum atomic E-state index is -3.99. The zero-order valence-electron chi connectivity index (χ0n) is 26.2. The molecule has 2 atom stereocenters. The number of hydrogen-bond donors (Lipinski definition) is 0. The number of methoxy groups -OCH3 is 6. The Morgan fingerprint density at radius 3 is 1.00 bits per heavy atom. The lowest BCUT2D eigenvalue weighted by molar-refractivity contribution is 0.394. The molecule has 0 fully saturated rings. The molecule has 4 rings (SSSR count). The lowest BCUT2D eigenvalue weighted by atomic mass is 10.1. The van der Waals surface area contributed by atoms with Gasteiger partial charge in [0.2, 0.25) is 0 Å². The molecule has 0 radical (unpaired) electrons. The van der Waals surface area contributed by atoms with E-state index in [0.29, 0.717) is 45.6 Å². The van der Waals surface area contributed by atoms with Crippen LogP contribution >= 0.6 is 0 Å². The maximum absolute atomic E-state index is 14.8. The summed E-state index contributed by atoms with van der Waals surface area (Å²) in [7, 11) is 5.41. The highest BCUT2D eigenvalue weighted by Gasteiger charge is 2.33. The number of rotatable bonds is 14. The van der Waals surface area contributed by atoms with Crippen LogP contribution in [0.4, 0.5) is 0 Å². The first kappa shape index (κ1) is 33.0. The molecule has 0 aliphatic heterocycles. The van der Waals surface area contributed by atoms with Crippen molar-refractivity contribution in [3.8, 4) is 34.5 Å². The van der Waals surface area contributed by atoms with Gasteiger partial charge in [0.1, 0.15) is 45.0 Å². The molecule has 2 unspecified atom stereocenters. The fourth-order valence-electron chi connectivity index (χ4n) is 4.81. The molecule has 236 valence electrons. The van der Waals surface area contributed by atoms with Gasteiger partial charge in [0.25, 0.3) is 0 Å². The minimum Gasteiger partial charge on any atom is -0.497 e. The van der Waals surface area contributed by atoms with Crippen LogP contribution in [0.3, 0.4) is 0 Å². The predicted molar refractivity (Wildman–Crippen MR) is 178 cm³/mol. The molecule has 8 nitrogen and oxygen atoms in total. The monoisotopic (exact) mass is 630 g/mol. The molecule has 0 aliphatic rings. The third-order valence-electron chi connectivity index (χ3n) is 7.27.